The van der Waals surface area contributed by atoms with Gasteiger partial charge in [0.1, 0.15) is 0 Å². The van der Waals surface area contributed by atoms with Crippen molar-refractivity contribution in [2.24, 2.45) is 23.2 Å². The lowest BCUT2D eigenvalue weighted by atomic mass is 9.49. The highest BCUT2D eigenvalue weighted by molar-refractivity contribution is 7.80. The summed E-state index contributed by atoms with van der Waals surface area (Å²) in [5.41, 5.74) is 0.620. The summed E-state index contributed by atoms with van der Waals surface area (Å²) < 4.78 is 0. The summed E-state index contributed by atoms with van der Waals surface area (Å²) in [6.45, 7) is 0. The second-order valence-corrected chi connectivity index (χ2v) is 6.76. The van der Waals surface area contributed by atoms with Gasteiger partial charge in [0, 0.05) is 13.5 Å². The van der Waals surface area contributed by atoms with Crippen molar-refractivity contribution >= 4 is 17.2 Å². The first-order valence-corrected chi connectivity index (χ1v) is 6.80. The van der Waals surface area contributed by atoms with Crippen LogP contribution < -0.4 is 5.32 Å². The number of hydrogen-bond donors (Lipinski definition) is 1. The van der Waals surface area contributed by atoms with E-state index < -0.39 is 0 Å². The van der Waals surface area contributed by atoms with Crippen LogP contribution in [0.1, 0.15) is 44.9 Å². The van der Waals surface area contributed by atoms with E-state index in [2.05, 4.69) is 5.32 Å². The molecule has 4 aliphatic carbocycles. The third-order valence-electron chi connectivity index (χ3n) is 4.98. The molecule has 0 aromatic carbocycles. The summed E-state index contributed by atoms with van der Waals surface area (Å²) in [4.78, 5) is 1.09. The monoisotopic (exact) mass is 223 g/mol. The first-order chi connectivity index (χ1) is 7.19. The Labute approximate surface area is 98.0 Å². The number of rotatable bonds is 2. The van der Waals surface area contributed by atoms with Gasteiger partial charge in [0.25, 0.3) is 0 Å². The molecule has 0 amide bonds. The quantitative estimate of drug-likeness (QED) is 0.722. The molecule has 0 aromatic heterocycles. The Bertz CT molecular complexity index is 249. The van der Waals surface area contributed by atoms with E-state index >= 15 is 0 Å². The molecule has 0 unspecified atom stereocenters. The van der Waals surface area contributed by atoms with Crippen LogP contribution in [0.15, 0.2) is 0 Å². The van der Waals surface area contributed by atoms with Gasteiger partial charge in [-0.1, -0.05) is 12.2 Å². The second kappa shape index (κ2) is 3.44. The lowest BCUT2D eigenvalue weighted by Crippen LogP contribution is -2.47. The normalized spacial score (nSPS) is 46.9. The van der Waals surface area contributed by atoms with Gasteiger partial charge in [0.2, 0.25) is 0 Å². The van der Waals surface area contributed by atoms with Gasteiger partial charge < -0.3 is 5.32 Å². The van der Waals surface area contributed by atoms with Crippen LogP contribution in [0.2, 0.25) is 0 Å². The Kier molecular flexibility index (Phi) is 2.31. The number of thiocarbonyl (C=S) groups is 1. The van der Waals surface area contributed by atoms with E-state index in [1.54, 1.807) is 0 Å². The van der Waals surface area contributed by atoms with Crippen molar-refractivity contribution in [1.82, 2.24) is 5.32 Å². The fraction of sp³-hybridized carbons (Fsp3) is 0.923. The number of nitrogens with one attached hydrogen (secondary N) is 1. The Morgan fingerprint density at radius 3 is 2.00 bits per heavy atom. The van der Waals surface area contributed by atoms with Crippen molar-refractivity contribution in [2.75, 3.05) is 7.05 Å². The van der Waals surface area contributed by atoms with Crippen molar-refractivity contribution in [2.45, 2.75) is 44.9 Å². The van der Waals surface area contributed by atoms with E-state index in [1.807, 2.05) is 7.05 Å². The van der Waals surface area contributed by atoms with Gasteiger partial charge in [-0.25, -0.2) is 0 Å². The Balaban J connectivity index is 1.78. The van der Waals surface area contributed by atoms with Crippen molar-refractivity contribution in [3.63, 3.8) is 0 Å². The first-order valence-electron chi connectivity index (χ1n) is 6.40. The molecule has 4 rings (SSSR count). The molecule has 0 heterocycles. The highest BCUT2D eigenvalue weighted by atomic mass is 32.1. The summed E-state index contributed by atoms with van der Waals surface area (Å²) >= 11 is 5.38. The molecular weight excluding hydrogens is 202 g/mol. The molecule has 1 N–H and O–H groups in total. The maximum Gasteiger partial charge on any atom is 0.0756 e. The molecule has 0 atom stereocenters. The van der Waals surface area contributed by atoms with Crippen LogP contribution >= 0.6 is 12.2 Å². The predicted octanol–water partition coefficient (Wildman–Crippen LogP) is 3.14. The van der Waals surface area contributed by atoms with E-state index in [0.717, 1.165) is 22.7 Å². The van der Waals surface area contributed by atoms with Gasteiger partial charge in [0.15, 0.2) is 0 Å². The van der Waals surface area contributed by atoms with Crippen LogP contribution in [0.3, 0.4) is 0 Å². The standard InChI is InChI=1S/C13H21NS/c1-14-12(15)8-13-5-9-2-10(6-13)4-11(3-9)7-13/h9-11H,2-8H2,1H3,(H,14,15). The van der Waals surface area contributed by atoms with Gasteiger partial charge in [-0.05, 0) is 61.7 Å². The Morgan fingerprint density at radius 1 is 1.13 bits per heavy atom. The highest BCUT2D eigenvalue weighted by Gasteiger charge is 2.50. The van der Waals surface area contributed by atoms with Crippen LogP contribution in [0, 0.1) is 23.2 Å². The number of hydrogen-bond acceptors (Lipinski definition) is 1. The van der Waals surface area contributed by atoms with Crippen molar-refractivity contribution < 1.29 is 0 Å². The van der Waals surface area contributed by atoms with Crippen LogP contribution in [-0.2, 0) is 0 Å². The van der Waals surface area contributed by atoms with Crippen LogP contribution in [0.25, 0.3) is 0 Å². The van der Waals surface area contributed by atoms with Gasteiger partial charge in [-0.2, -0.15) is 0 Å². The zero-order valence-corrected chi connectivity index (χ0v) is 10.4. The molecule has 0 saturated heterocycles. The summed E-state index contributed by atoms with van der Waals surface area (Å²) in [6, 6.07) is 0. The van der Waals surface area contributed by atoms with E-state index in [-0.39, 0.29) is 0 Å². The average molecular weight is 223 g/mol. The molecule has 4 fully saturated rings. The SMILES string of the molecule is CNC(=S)CC12CC3CC(CC(C3)C1)C2. The molecule has 1 nitrogen and oxygen atoms in total. The summed E-state index contributed by atoms with van der Waals surface area (Å²) in [5, 5.41) is 3.17. The van der Waals surface area contributed by atoms with Crippen LogP contribution in [-0.4, -0.2) is 12.0 Å². The highest BCUT2D eigenvalue weighted by Crippen LogP contribution is 2.61. The topological polar surface area (TPSA) is 12.0 Å². The molecule has 0 aliphatic heterocycles. The largest absolute Gasteiger partial charge is 0.383 e. The lowest BCUT2D eigenvalue weighted by molar-refractivity contribution is -0.0481. The molecule has 15 heavy (non-hydrogen) atoms. The van der Waals surface area contributed by atoms with Crippen LogP contribution in [0.4, 0.5) is 0 Å². The molecular formula is C13H21NS. The third kappa shape index (κ3) is 1.71. The Hall–Kier alpha value is -0.110. The summed E-state index contributed by atoms with van der Waals surface area (Å²) in [7, 11) is 1.98. The molecule has 4 saturated carbocycles. The van der Waals surface area contributed by atoms with Crippen molar-refractivity contribution in [1.29, 1.82) is 0 Å². The van der Waals surface area contributed by atoms with Crippen LogP contribution in [0.5, 0.6) is 0 Å². The zero-order chi connectivity index (χ0) is 10.5. The second-order valence-electron chi connectivity index (χ2n) is 6.27. The predicted molar refractivity (Wildman–Crippen MR) is 66.9 cm³/mol. The lowest BCUT2D eigenvalue weighted by Gasteiger charge is -2.57. The zero-order valence-electron chi connectivity index (χ0n) is 9.59. The van der Waals surface area contributed by atoms with E-state index in [9.17, 15) is 0 Å². The molecule has 0 radical (unpaired) electrons. The van der Waals surface area contributed by atoms with Crippen molar-refractivity contribution in [3.05, 3.63) is 0 Å². The van der Waals surface area contributed by atoms with Gasteiger partial charge >= 0.3 is 0 Å². The maximum atomic E-state index is 5.38. The van der Waals surface area contributed by atoms with Gasteiger partial charge in [-0.3, -0.25) is 0 Å². The van der Waals surface area contributed by atoms with E-state index in [1.165, 1.54) is 44.9 Å². The fourth-order valence-corrected chi connectivity index (χ4v) is 5.24. The van der Waals surface area contributed by atoms with E-state index in [0.29, 0.717) is 5.41 Å². The summed E-state index contributed by atoms with van der Waals surface area (Å²) in [5.74, 6) is 3.16. The third-order valence-corrected chi connectivity index (χ3v) is 5.33. The molecule has 4 bridgehead atoms. The first kappa shape index (κ1) is 10.1. The fourth-order valence-electron chi connectivity index (χ4n) is 4.94. The molecule has 2 heteroatoms. The molecule has 84 valence electrons. The Morgan fingerprint density at radius 2 is 1.60 bits per heavy atom. The van der Waals surface area contributed by atoms with Gasteiger partial charge in [-0.15, -0.1) is 0 Å². The minimum Gasteiger partial charge on any atom is -0.383 e. The smallest absolute Gasteiger partial charge is 0.0756 e. The molecule has 0 spiro atoms. The average Bonchev–Trinajstić information content (AvgIpc) is 2.14. The molecule has 4 aliphatic rings. The maximum absolute atomic E-state index is 5.38. The van der Waals surface area contributed by atoms with Crippen molar-refractivity contribution in [3.8, 4) is 0 Å². The molecule has 0 aromatic rings. The minimum atomic E-state index is 0.620. The summed E-state index contributed by atoms with van der Waals surface area (Å²) in [6.07, 6.45) is 10.2. The minimum absolute atomic E-state index is 0.620. The van der Waals surface area contributed by atoms with Gasteiger partial charge in [0.05, 0.1) is 4.99 Å². The van der Waals surface area contributed by atoms with E-state index in [4.69, 9.17) is 12.2 Å².